The monoisotopic (exact) mass is 293 g/mol. The maximum atomic E-state index is 12.2. The van der Waals surface area contributed by atoms with Crippen molar-refractivity contribution in [2.75, 3.05) is 6.61 Å². The second-order valence-electron chi connectivity index (χ2n) is 5.61. The number of nitrogens with one attached hydrogen (secondary N) is 2. The van der Waals surface area contributed by atoms with E-state index >= 15 is 0 Å². The van der Waals surface area contributed by atoms with E-state index in [-0.39, 0.29) is 17.7 Å². The van der Waals surface area contributed by atoms with Gasteiger partial charge in [0.2, 0.25) is 6.41 Å². The molecule has 6 heteroatoms. The fourth-order valence-electron chi connectivity index (χ4n) is 2.58. The number of carbonyl (C=O) groups excluding carboxylic acids is 2. The first-order chi connectivity index (χ1) is 9.93. The van der Waals surface area contributed by atoms with E-state index in [9.17, 15) is 9.59 Å². The first-order valence-electron chi connectivity index (χ1n) is 7.21. The molecule has 6 nitrogen and oxygen atoms in total. The number of rotatable bonds is 7. The van der Waals surface area contributed by atoms with Gasteiger partial charge in [-0.1, -0.05) is 0 Å². The second-order valence-corrected chi connectivity index (χ2v) is 5.61. The average Bonchev–Trinajstić information content (AvgIpc) is 2.83. The lowest BCUT2D eigenvalue weighted by molar-refractivity contribution is -0.118. The van der Waals surface area contributed by atoms with Gasteiger partial charge < -0.3 is 15.4 Å². The standard InChI is InChI=1S/C15H23N3O3/c1-4-21-15(2,3)8-11(9-16)14(20)18-13-7-5-6-12(13)17-10-19/h8,10,12-13H,4-7H2,1-3H3,(H,17,19)(H,18,20)/b11-8+. The summed E-state index contributed by atoms with van der Waals surface area (Å²) >= 11 is 0. The van der Waals surface area contributed by atoms with E-state index in [2.05, 4.69) is 10.6 Å². The van der Waals surface area contributed by atoms with Crippen molar-refractivity contribution in [1.82, 2.24) is 10.6 Å². The van der Waals surface area contributed by atoms with Crippen LogP contribution >= 0.6 is 0 Å². The molecule has 0 heterocycles. The van der Waals surface area contributed by atoms with Gasteiger partial charge >= 0.3 is 0 Å². The fourth-order valence-corrected chi connectivity index (χ4v) is 2.58. The zero-order valence-electron chi connectivity index (χ0n) is 12.8. The second kappa shape index (κ2) is 7.79. The molecule has 2 amide bonds. The Morgan fingerprint density at radius 2 is 2.10 bits per heavy atom. The number of nitrogens with zero attached hydrogens (tertiary/aromatic N) is 1. The van der Waals surface area contributed by atoms with E-state index in [4.69, 9.17) is 10.00 Å². The maximum absolute atomic E-state index is 12.2. The van der Waals surface area contributed by atoms with Gasteiger partial charge in [-0.05, 0) is 46.1 Å². The summed E-state index contributed by atoms with van der Waals surface area (Å²) in [6, 6.07) is 1.72. The lowest BCUT2D eigenvalue weighted by Crippen LogP contribution is -2.46. The van der Waals surface area contributed by atoms with E-state index < -0.39 is 11.5 Å². The van der Waals surface area contributed by atoms with Crippen molar-refractivity contribution < 1.29 is 14.3 Å². The Bertz CT molecular complexity index is 452. The van der Waals surface area contributed by atoms with Crippen LogP contribution in [0.1, 0.15) is 40.0 Å². The lowest BCUT2D eigenvalue weighted by atomic mass is 10.0. The maximum Gasteiger partial charge on any atom is 0.261 e. The topological polar surface area (TPSA) is 91.2 Å². The summed E-state index contributed by atoms with van der Waals surface area (Å²) in [5, 5.41) is 14.7. The van der Waals surface area contributed by atoms with Crippen LogP contribution in [0.3, 0.4) is 0 Å². The van der Waals surface area contributed by atoms with Crippen molar-refractivity contribution >= 4 is 12.3 Å². The predicted octanol–water partition coefficient (Wildman–Crippen LogP) is 1.03. The Balaban J connectivity index is 2.74. The molecule has 0 spiro atoms. The minimum Gasteiger partial charge on any atom is -0.372 e. The van der Waals surface area contributed by atoms with Crippen LogP contribution in [-0.2, 0) is 14.3 Å². The van der Waals surface area contributed by atoms with Gasteiger partial charge in [0, 0.05) is 18.7 Å². The molecule has 116 valence electrons. The summed E-state index contributed by atoms with van der Waals surface area (Å²) in [6.45, 7) is 5.95. The van der Waals surface area contributed by atoms with Gasteiger partial charge in [-0.15, -0.1) is 0 Å². The van der Waals surface area contributed by atoms with Crippen molar-refractivity contribution in [3.63, 3.8) is 0 Å². The van der Waals surface area contributed by atoms with E-state index in [1.807, 2.05) is 13.0 Å². The Labute approximate surface area is 125 Å². The molecule has 0 aromatic rings. The van der Waals surface area contributed by atoms with Crippen LogP contribution in [0.2, 0.25) is 0 Å². The Morgan fingerprint density at radius 1 is 1.43 bits per heavy atom. The highest BCUT2D eigenvalue weighted by Crippen LogP contribution is 2.20. The molecular weight excluding hydrogens is 270 g/mol. The van der Waals surface area contributed by atoms with Crippen LogP contribution in [0, 0.1) is 11.3 Å². The van der Waals surface area contributed by atoms with Crippen LogP contribution in [0.25, 0.3) is 0 Å². The van der Waals surface area contributed by atoms with Gasteiger partial charge in [0.25, 0.3) is 5.91 Å². The van der Waals surface area contributed by atoms with Crippen molar-refractivity contribution in [2.24, 2.45) is 0 Å². The highest BCUT2D eigenvalue weighted by Gasteiger charge is 2.29. The number of ether oxygens (including phenoxy) is 1. The largest absolute Gasteiger partial charge is 0.372 e. The molecule has 2 atom stereocenters. The van der Waals surface area contributed by atoms with Gasteiger partial charge in [-0.2, -0.15) is 5.26 Å². The van der Waals surface area contributed by atoms with E-state index in [1.165, 1.54) is 6.08 Å². The molecule has 1 fully saturated rings. The third-order valence-corrected chi connectivity index (χ3v) is 3.49. The summed E-state index contributed by atoms with van der Waals surface area (Å²) in [4.78, 5) is 22.7. The van der Waals surface area contributed by atoms with Gasteiger partial charge in [-0.25, -0.2) is 0 Å². The predicted molar refractivity (Wildman–Crippen MR) is 78.2 cm³/mol. The summed E-state index contributed by atoms with van der Waals surface area (Å²) < 4.78 is 5.48. The summed E-state index contributed by atoms with van der Waals surface area (Å²) in [7, 11) is 0. The number of carbonyl (C=O) groups is 2. The van der Waals surface area contributed by atoms with E-state index in [0.717, 1.165) is 19.3 Å². The van der Waals surface area contributed by atoms with Gasteiger partial charge in [0.15, 0.2) is 0 Å². The average molecular weight is 293 g/mol. The molecule has 0 radical (unpaired) electrons. The molecule has 1 rings (SSSR count). The number of hydrogen-bond donors (Lipinski definition) is 2. The first kappa shape index (κ1) is 17.2. The van der Waals surface area contributed by atoms with Crippen molar-refractivity contribution in [3.05, 3.63) is 11.6 Å². The molecular formula is C15H23N3O3. The third kappa shape index (κ3) is 5.20. The highest BCUT2D eigenvalue weighted by atomic mass is 16.5. The quantitative estimate of drug-likeness (QED) is 0.417. The first-order valence-corrected chi connectivity index (χ1v) is 7.21. The van der Waals surface area contributed by atoms with Crippen LogP contribution in [0.15, 0.2) is 11.6 Å². The fraction of sp³-hybridized carbons (Fsp3) is 0.667. The Kier molecular flexibility index (Phi) is 6.38. The SMILES string of the molecule is CCOC(C)(C)/C=C(\C#N)C(=O)NC1CCCC1NC=O. The smallest absolute Gasteiger partial charge is 0.261 e. The van der Waals surface area contributed by atoms with Crippen LogP contribution in [-0.4, -0.2) is 36.6 Å². The molecule has 0 aromatic heterocycles. The number of amides is 2. The van der Waals surface area contributed by atoms with Crippen LogP contribution < -0.4 is 10.6 Å². The van der Waals surface area contributed by atoms with E-state index in [1.54, 1.807) is 13.8 Å². The van der Waals surface area contributed by atoms with Crippen molar-refractivity contribution in [3.8, 4) is 6.07 Å². The summed E-state index contributed by atoms with van der Waals surface area (Å²) in [6.07, 6.45) is 4.74. The third-order valence-electron chi connectivity index (χ3n) is 3.49. The molecule has 1 saturated carbocycles. The minimum atomic E-state index is -0.673. The van der Waals surface area contributed by atoms with Gasteiger partial charge in [0.1, 0.15) is 11.6 Å². The Hall–Kier alpha value is -1.87. The van der Waals surface area contributed by atoms with Crippen molar-refractivity contribution in [2.45, 2.75) is 57.7 Å². The lowest BCUT2D eigenvalue weighted by Gasteiger charge is -2.22. The molecule has 0 aliphatic heterocycles. The molecule has 1 aliphatic rings. The zero-order valence-corrected chi connectivity index (χ0v) is 12.8. The molecule has 2 N–H and O–H groups in total. The van der Waals surface area contributed by atoms with Gasteiger partial charge in [0.05, 0.1) is 5.60 Å². The van der Waals surface area contributed by atoms with Crippen LogP contribution in [0.4, 0.5) is 0 Å². The van der Waals surface area contributed by atoms with Crippen molar-refractivity contribution in [1.29, 1.82) is 5.26 Å². The molecule has 21 heavy (non-hydrogen) atoms. The van der Waals surface area contributed by atoms with Gasteiger partial charge in [-0.3, -0.25) is 9.59 Å². The Morgan fingerprint density at radius 3 is 2.67 bits per heavy atom. The summed E-state index contributed by atoms with van der Waals surface area (Å²) in [5.74, 6) is -0.421. The van der Waals surface area contributed by atoms with E-state index in [0.29, 0.717) is 13.0 Å². The zero-order chi connectivity index (χ0) is 15.9. The normalized spacial score (nSPS) is 22.5. The molecule has 0 aromatic carbocycles. The molecule has 0 bridgehead atoms. The minimum absolute atomic E-state index is 0.0326. The summed E-state index contributed by atoms with van der Waals surface area (Å²) in [5.41, 5.74) is -0.641. The highest BCUT2D eigenvalue weighted by molar-refractivity contribution is 5.97. The molecule has 1 aliphatic carbocycles. The van der Waals surface area contributed by atoms with Crippen LogP contribution in [0.5, 0.6) is 0 Å². The number of hydrogen-bond acceptors (Lipinski definition) is 4. The number of nitriles is 1. The molecule has 0 saturated heterocycles. The molecule has 2 unspecified atom stereocenters.